The second-order valence-corrected chi connectivity index (χ2v) is 5.54. The molecule has 0 atom stereocenters. The molecule has 4 nitrogen and oxygen atoms in total. The molecule has 0 saturated heterocycles. The van der Waals surface area contributed by atoms with Gasteiger partial charge in [0.05, 0.1) is 11.4 Å². The number of thiazole rings is 1. The Labute approximate surface area is 116 Å². The Kier molecular flexibility index (Phi) is 4.16. The summed E-state index contributed by atoms with van der Waals surface area (Å²) in [6.07, 6.45) is 0. The Hall–Kier alpha value is -1.88. The Bertz CT molecular complexity index is 568. The smallest absolute Gasteiger partial charge is 0.140 e. The first-order valence-corrected chi connectivity index (χ1v) is 6.76. The normalized spacial score (nSPS) is 11.6. The van der Waals surface area contributed by atoms with E-state index >= 15 is 0 Å². The van der Waals surface area contributed by atoms with Crippen LogP contribution >= 0.6 is 11.3 Å². The number of aromatic nitrogens is 1. The number of oxime groups is 1. The van der Waals surface area contributed by atoms with E-state index in [4.69, 9.17) is 9.94 Å². The third-order valence-electron chi connectivity index (χ3n) is 2.86. The third-order valence-corrected chi connectivity index (χ3v) is 3.90. The molecular formula is C14H16N2O2S. The number of ether oxygens (including phenoxy) is 1. The van der Waals surface area contributed by atoms with Crippen molar-refractivity contribution < 1.29 is 9.94 Å². The van der Waals surface area contributed by atoms with E-state index in [1.54, 1.807) is 18.3 Å². The molecule has 1 aromatic carbocycles. The number of benzene rings is 1. The first-order chi connectivity index (χ1) is 9.10. The van der Waals surface area contributed by atoms with E-state index in [1.165, 1.54) is 4.88 Å². The van der Waals surface area contributed by atoms with Crippen molar-refractivity contribution in [1.82, 2.24) is 4.98 Å². The molecule has 0 aliphatic carbocycles. The van der Waals surface area contributed by atoms with Crippen LogP contribution in [0.2, 0.25) is 0 Å². The summed E-state index contributed by atoms with van der Waals surface area (Å²) in [6, 6.07) is 7.44. The highest BCUT2D eigenvalue weighted by molar-refractivity contribution is 7.11. The first-order valence-electron chi connectivity index (χ1n) is 5.95. The third kappa shape index (κ3) is 3.32. The molecule has 0 amide bonds. The minimum atomic E-state index is 0.478. The van der Waals surface area contributed by atoms with Gasteiger partial charge in [0.15, 0.2) is 0 Å². The summed E-state index contributed by atoms with van der Waals surface area (Å²) in [5.41, 5.74) is 2.52. The maximum Gasteiger partial charge on any atom is 0.140 e. The van der Waals surface area contributed by atoms with Crippen LogP contribution in [0, 0.1) is 13.8 Å². The Morgan fingerprint density at radius 3 is 2.53 bits per heavy atom. The van der Waals surface area contributed by atoms with E-state index in [0.29, 0.717) is 12.3 Å². The molecule has 0 aliphatic rings. The highest BCUT2D eigenvalue weighted by atomic mass is 32.1. The van der Waals surface area contributed by atoms with Gasteiger partial charge in [0, 0.05) is 4.88 Å². The van der Waals surface area contributed by atoms with E-state index in [9.17, 15) is 0 Å². The molecule has 2 rings (SSSR count). The average molecular weight is 276 g/mol. The molecule has 0 bridgehead atoms. The molecule has 19 heavy (non-hydrogen) atoms. The fourth-order valence-corrected chi connectivity index (χ4v) is 2.44. The van der Waals surface area contributed by atoms with Gasteiger partial charge in [-0.3, -0.25) is 0 Å². The second-order valence-electron chi connectivity index (χ2n) is 4.25. The predicted octanol–water partition coefficient (Wildman–Crippen LogP) is 3.54. The van der Waals surface area contributed by atoms with Crippen LogP contribution in [-0.2, 0) is 6.61 Å². The van der Waals surface area contributed by atoms with Crippen molar-refractivity contribution >= 4 is 17.0 Å². The van der Waals surface area contributed by atoms with Gasteiger partial charge in [0.1, 0.15) is 17.4 Å². The monoisotopic (exact) mass is 276 g/mol. The van der Waals surface area contributed by atoms with Crippen molar-refractivity contribution in [2.75, 3.05) is 0 Å². The Balaban J connectivity index is 2.00. The minimum Gasteiger partial charge on any atom is -0.486 e. The van der Waals surface area contributed by atoms with Crippen LogP contribution in [-0.4, -0.2) is 15.9 Å². The fraction of sp³-hybridized carbons (Fsp3) is 0.286. The van der Waals surface area contributed by atoms with Gasteiger partial charge in [-0.2, -0.15) is 0 Å². The summed E-state index contributed by atoms with van der Waals surface area (Å²) in [5, 5.41) is 12.8. The maximum atomic E-state index is 8.69. The van der Waals surface area contributed by atoms with E-state index in [1.807, 2.05) is 31.2 Å². The number of aryl methyl sites for hydroxylation is 2. The zero-order valence-electron chi connectivity index (χ0n) is 11.2. The number of hydrogen-bond acceptors (Lipinski definition) is 5. The molecule has 1 N–H and O–H groups in total. The van der Waals surface area contributed by atoms with Gasteiger partial charge in [0.2, 0.25) is 0 Å². The molecular weight excluding hydrogens is 260 g/mol. The fourth-order valence-electron chi connectivity index (χ4n) is 1.60. The summed E-state index contributed by atoms with van der Waals surface area (Å²) in [6.45, 7) is 6.28. The van der Waals surface area contributed by atoms with Crippen molar-refractivity contribution in [2.24, 2.45) is 5.16 Å². The van der Waals surface area contributed by atoms with Gasteiger partial charge >= 0.3 is 0 Å². The Morgan fingerprint density at radius 2 is 2.00 bits per heavy atom. The van der Waals surface area contributed by atoms with Gasteiger partial charge in [-0.25, -0.2) is 4.98 Å². The summed E-state index contributed by atoms with van der Waals surface area (Å²) in [4.78, 5) is 5.65. The summed E-state index contributed by atoms with van der Waals surface area (Å²) in [5.74, 6) is 0.778. The minimum absolute atomic E-state index is 0.478. The lowest BCUT2D eigenvalue weighted by Crippen LogP contribution is -1.97. The van der Waals surface area contributed by atoms with Gasteiger partial charge in [-0.15, -0.1) is 11.3 Å². The van der Waals surface area contributed by atoms with Crippen LogP contribution in [0.4, 0.5) is 0 Å². The van der Waals surface area contributed by atoms with Crippen LogP contribution < -0.4 is 4.74 Å². The molecule has 0 radical (unpaired) electrons. The van der Waals surface area contributed by atoms with Crippen LogP contribution in [0.1, 0.15) is 28.1 Å². The molecule has 0 spiro atoms. The highest BCUT2D eigenvalue weighted by Crippen LogP contribution is 2.19. The summed E-state index contributed by atoms with van der Waals surface area (Å²) < 4.78 is 5.67. The maximum absolute atomic E-state index is 8.69. The van der Waals surface area contributed by atoms with Crippen molar-refractivity contribution in [3.63, 3.8) is 0 Å². The van der Waals surface area contributed by atoms with Gasteiger partial charge in [-0.1, -0.05) is 5.16 Å². The SMILES string of the molecule is CC(=NO)c1ccc(OCc2nc(C)c(C)s2)cc1. The van der Waals surface area contributed by atoms with E-state index in [-0.39, 0.29) is 0 Å². The molecule has 0 fully saturated rings. The van der Waals surface area contributed by atoms with Crippen molar-refractivity contribution in [3.8, 4) is 5.75 Å². The number of hydrogen-bond donors (Lipinski definition) is 1. The van der Waals surface area contributed by atoms with Crippen LogP contribution in [0.25, 0.3) is 0 Å². The molecule has 0 unspecified atom stereocenters. The van der Waals surface area contributed by atoms with Crippen molar-refractivity contribution in [3.05, 3.63) is 45.4 Å². The van der Waals surface area contributed by atoms with Gasteiger partial charge in [0.25, 0.3) is 0 Å². The topological polar surface area (TPSA) is 54.7 Å². The van der Waals surface area contributed by atoms with Crippen molar-refractivity contribution in [1.29, 1.82) is 0 Å². The lowest BCUT2D eigenvalue weighted by atomic mass is 10.1. The molecule has 1 heterocycles. The molecule has 5 heteroatoms. The van der Waals surface area contributed by atoms with E-state index in [2.05, 4.69) is 17.1 Å². The molecule has 1 aromatic heterocycles. The zero-order valence-corrected chi connectivity index (χ0v) is 12.0. The predicted molar refractivity (Wildman–Crippen MR) is 76.4 cm³/mol. The van der Waals surface area contributed by atoms with Crippen LogP contribution in [0.15, 0.2) is 29.4 Å². The molecule has 0 aliphatic heterocycles. The van der Waals surface area contributed by atoms with Gasteiger partial charge < -0.3 is 9.94 Å². The quantitative estimate of drug-likeness (QED) is 0.528. The van der Waals surface area contributed by atoms with Crippen LogP contribution in [0.5, 0.6) is 5.75 Å². The zero-order chi connectivity index (χ0) is 13.8. The second kappa shape index (κ2) is 5.84. The van der Waals surface area contributed by atoms with E-state index < -0.39 is 0 Å². The summed E-state index contributed by atoms with van der Waals surface area (Å²) >= 11 is 1.66. The van der Waals surface area contributed by atoms with Crippen molar-refractivity contribution in [2.45, 2.75) is 27.4 Å². The first kappa shape index (κ1) is 13.5. The number of rotatable bonds is 4. The average Bonchev–Trinajstić information content (AvgIpc) is 2.75. The standard InChI is InChI=1S/C14H16N2O2S/c1-9-11(3)19-14(15-9)8-18-13-6-4-12(5-7-13)10(2)16-17/h4-7,17H,8H2,1-3H3. The number of nitrogens with zero attached hydrogens (tertiary/aromatic N) is 2. The highest BCUT2D eigenvalue weighted by Gasteiger charge is 2.04. The van der Waals surface area contributed by atoms with Gasteiger partial charge in [-0.05, 0) is 50.6 Å². The Morgan fingerprint density at radius 1 is 1.32 bits per heavy atom. The summed E-state index contributed by atoms with van der Waals surface area (Å²) in [7, 11) is 0. The lowest BCUT2D eigenvalue weighted by Gasteiger charge is -2.05. The molecule has 100 valence electrons. The van der Waals surface area contributed by atoms with E-state index in [0.717, 1.165) is 22.0 Å². The van der Waals surface area contributed by atoms with Crippen LogP contribution in [0.3, 0.4) is 0 Å². The molecule has 2 aromatic rings. The largest absolute Gasteiger partial charge is 0.486 e. The molecule has 0 saturated carbocycles. The lowest BCUT2D eigenvalue weighted by molar-refractivity contribution is 0.305.